The molecule has 0 fully saturated rings. The number of hydrogen-bond acceptors (Lipinski definition) is 6. The van der Waals surface area contributed by atoms with E-state index in [0.29, 0.717) is 22.1 Å². The Labute approximate surface area is 196 Å². The Balaban J connectivity index is 1.28. The van der Waals surface area contributed by atoms with E-state index < -0.39 is 24.3 Å². The minimum Gasteiger partial charge on any atom is -0.484 e. The van der Waals surface area contributed by atoms with Gasteiger partial charge in [-0.05, 0) is 36.4 Å². The molecular formula is C22H17ClF3N5O3. The molecule has 1 amide bonds. The summed E-state index contributed by atoms with van der Waals surface area (Å²) >= 11 is 6.24. The minimum absolute atomic E-state index is 0.0537. The van der Waals surface area contributed by atoms with Crippen LogP contribution in [0.25, 0.3) is 17.0 Å². The van der Waals surface area contributed by atoms with E-state index in [9.17, 15) is 18.0 Å². The molecule has 1 N–H and O–H groups in total. The first kappa shape index (κ1) is 23.3. The Kier molecular flexibility index (Phi) is 6.82. The summed E-state index contributed by atoms with van der Waals surface area (Å²) in [7, 11) is 0. The second-order valence-electron chi connectivity index (χ2n) is 6.96. The predicted octanol–water partition coefficient (Wildman–Crippen LogP) is 4.04. The fourth-order valence-electron chi connectivity index (χ4n) is 2.97. The van der Waals surface area contributed by atoms with Crippen LogP contribution < -0.4 is 14.8 Å². The van der Waals surface area contributed by atoms with Gasteiger partial charge in [-0.25, -0.2) is 0 Å². The lowest BCUT2D eigenvalue weighted by Crippen LogP contribution is -2.32. The number of nitrogens with zero attached hydrogens (tertiary/aromatic N) is 4. The van der Waals surface area contributed by atoms with Gasteiger partial charge in [0, 0.05) is 11.6 Å². The highest BCUT2D eigenvalue weighted by atomic mass is 35.5. The Bertz CT molecular complexity index is 1310. The molecule has 0 saturated carbocycles. The zero-order chi connectivity index (χ0) is 24.1. The van der Waals surface area contributed by atoms with E-state index in [1.54, 1.807) is 30.3 Å². The van der Waals surface area contributed by atoms with Gasteiger partial charge < -0.3 is 14.8 Å². The lowest BCUT2D eigenvalue weighted by atomic mass is 10.2. The Hall–Kier alpha value is -3.86. The topological polar surface area (TPSA) is 90.6 Å². The second kappa shape index (κ2) is 9.96. The third kappa shape index (κ3) is 5.54. The van der Waals surface area contributed by atoms with Crippen LogP contribution >= 0.6 is 11.6 Å². The smallest absolute Gasteiger partial charge is 0.416 e. The van der Waals surface area contributed by atoms with Crippen molar-refractivity contribution in [1.82, 2.24) is 25.1 Å². The van der Waals surface area contributed by atoms with Crippen LogP contribution in [0.3, 0.4) is 0 Å². The van der Waals surface area contributed by atoms with Gasteiger partial charge in [-0.15, -0.1) is 15.3 Å². The molecular weight excluding hydrogens is 475 g/mol. The van der Waals surface area contributed by atoms with E-state index >= 15 is 0 Å². The van der Waals surface area contributed by atoms with Crippen molar-refractivity contribution in [2.75, 3.05) is 19.8 Å². The molecule has 0 atom stereocenters. The molecule has 2 aromatic heterocycles. The van der Waals surface area contributed by atoms with Crippen LogP contribution in [-0.4, -0.2) is 45.5 Å². The predicted molar refractivity (Wildman–Crippen MR) is 117 cm³/mol. The molecule has 4 aromatic rings. The van der Waals surface area contributed by atoms with Crippen LogP contribution in [0.2, 0.25) is 5.02 Å². The zero-order valence-corrected chi connectivity index (χ0v) is 18.2. The standard InChI is InChI=1S/C22H17ClF3N5O3/c23-17-7-2-1-6-16(17)21-29-28-18-8-9-20(30-31(18)21)33-11-10-27-19(32)13-34-15-5-3-4-14(12-15)22(24,25)26/h1-9,12H,10-11,13H2,(H,27,32). The van der Waals surface area contributed by atoms with E-state index in [1.807, 2.05) is 6.07 Å². The minimum atomic E-state index is -4.49. The number of hydrogen-bond donors (Lipinski definition) is 1. The van der Waals surface area contributed by atoms with Gasteiger partial charge >= 0.3 is 6.18 Å². The average molecular weight is 492 g/mol. The Morgan fingerprint density at radius 1 is 1.03 bits per heavy atom. The first-order valence-corrected chi connectivity index (χ1v) is 10.4. The lowest BCUT2D eigenvalue weighted by Gasteiger charge is -2.11. The van der Waals surface area contributed by atoms with Crippen molar-refractivity contribution in [2.45, 2.75) is 6.18 Å². The van der Waals surface area contributed by atoms with Crippen LogP contribution in [-0.2, 0) is 11.0 Å². The summed E-state index contributed by atoms with van der Waals surface area (Å²) in [5.41, 5.74) is 0.311. The SMILES string of the molecule is O=C(COc1cccc(C(F)(F)F)c1)NCCOc1ccc2nnc(-c3ccccc3Cl)n2n1. The maximum absolute atomic E-state index is 12.7. The van der Waals surface area contributed by atoms with Gasteiger partial charge in [-0.2, -0.15) is 17.7 Å². The van der Waals surface area contributed by atoms with Crippen molar-refractivity contribution in [3.63, 3.8) is 0 Å². The zero-order valence-electron chi connectivity index (χ0n) is 17.4. The van der Waals surface area contributed by atoms with Crippen LogP contribution in [0.15, 0.2) is 60.7 Å². The number of ether oxygens (including phenoxy) is 2. The van der Waals surface area contributed by atoms with E-state index in [2.05, 4.69) is 20.6 Å². The summed E-state index contributed by atoms with van der Waals surface area (Å²) < 4.78 is 50.4. The molecule has 0 spiro atoms. The first-order chi connectivity index (χ1) is 16.3. The largest absolute Gasteiger partial charge is 0.484 e. The maximum atomic E-state index is 12.7. The van der Waals surface area contributed by atoms with Crippen molar-refractivity contribution >= 4 is 23.2 Å². The monoisotopic (exact) mass is 491 g/mol. The molecule has 4 rings (SSSR count). The number of fused-ring (bicyclic) bond motifs is 1. The van der Waals surface area contributed by atoms with Crippen LogP contribution in [0.1, 0.15) is 5.56 Å². The Morgan fingerprint density at radius 3 is 2.65 bits per heavy atom. The second-order valence-corrected chi connectivity index (χ2v) is 7.36. The molecule has 8 nitrogen and oxygen atoms in total. The van der Waals surface area contributed by atoms with E-state index in [0.717, 1.165) is 12.1 Å². The molecule has 0 unspecified atom stereocenters. The molecule has 176 valence electrons. The van der Waals surface area contributed by atoms with Crippen molar-refractivity contribution in [1.29, 1.82) is 0 Å². The number of carbonyl (C=O) groups is 1. The van der Waals surface area contributed by atoms with Crippen molar-refractivity contribution < 1.29 is 27.4 Å². The number of aromatic nitrogens is 4. The van der Waals surface area contributed by atoms with Crippen LogP contribution in [0, 0.1) is 0 Å². The summed E-state index contributed by atoms with van der Waals surface area (Å²) in [5, 5.41) is 15.6. The van der Waals surface area contributed by atoms with E-state index in [4.69, 9.17) is 21.1 Å². The average Bonchev–Trinajstić information content (AvgIpc) is 3.23. The highest BCUT2D eigenvalue weighted by Gasteiger charge is 2.30. The molecule has 0 bridgehead atoms. The fraction of sp³-hybridized carbons (Fsp3) is 0.182. The number of benzene rings is 2. The first-order valence-electron chi connectivity index (χ1n) is 9.98. The lowest BCUT2D eigenvalue weighted by molar-refractivity contribution is -0.137. The third-order valence-electron chi connectivity index (χ3n) is 4.56. The third-order valence-corrected chi connectivity index (χ3v) is 4.89. The van der Waals surface area contributed by atoms with Gasteiger partial charge in [0.1, 0.15) is 12.4 Å². The Morgan fingerprint density at radius 2 is 1.85 bits per heavy atom. The number of rotatable bonds is 8. The van der Waals surface area contributed by atoms with E-state index in [-0.39, 0.29) is 24.8 Å². The number of amides is 1. The van der Waals surface area contributed by atoms with Gasteiger partial charge in [0.25, 0.3) is 5.91 Å². The van der Waals surface area contributed by atoms with Gasteiger partial charge in [-0.1, -0.05) is 29.8 Å². The van der Waals surface area contributed by atoms with Crippen molar-refractivity contribution in [3.05, 3.63) is 71.2 Å². The summed E-state index contributed by atoms with van der Waals surface area (Å²) in [5.74, 6) is 0.160. The van der Waals surface area contributed by atoms with Crippen LogP contribution in [0.5, 0.6) is 11.6 Å². The fourth-order valence-corrected chi connectivity index (χ4v) is 3.19. The normalized spacial score (nSPS) is 11.4. The van der Waals surface area contributed by atoms with Crippen molar-refractivity contribution in [3.8, 4) is 23.0 Å². The molecule has 0 aliphatic heterocycles. The van der Waals surface area contributed by atoms with Gasteiger partial charge in [0.15, 0.2) is 18.1 Å². The quantitative estimate of drug-likeness (QED) is 0.374. The van der Waals surface area contributed by atoms with Gasteiger partial charge in [-0.3, -0.25) is 4.79 Å². The summed E-state index contributed by atoms with van der Waals surface area (Å²) in [6.45, 7) is -0.213. The molecule has 2 aromatic carbocycles. The number of nitrogens with one attached hydrogen (secondary N) is 1. The molecule has 0 radical (unpaired) electrons. The summed E-state index contributed by atoms with van der Waals surface area (Å²) in [6, 6.07) is 14.7. The number of alkyl halides is 3. The maximum Gasteiger partial charge on any atom is 0.416 e. The molecule has 0 aliphatic rings. The molecule has 0 saturated heterocycles. The van der Waals surface area contributed by atoms with Gasteiger partial charge in [0.2, 0.25) is 5.88 Å². The summed E-state index contributed by atoms with van der Waals surface area (Å²) in [6.07, 6.45) is -4.49. The number of carbonyl (C=O) groups excluding carboxylic acids is 1. The molecule has 2 heterocycles. The number of halogens is 4. The molecule has 12 heteroatoms. The molecule has 34 heavy (non-hydrogen) atoms. The highest BCUT2D eigenvalue weighted by molar-refractivity contribution is 6.33. The van der Waals surface area contributed by atoms with Gasteiger partial charge in [0.05, 0.1) is 17.1 Å². The summed E-state index contributed by atoms with van der Waals surface area (Å²) in [4.78, 5) is 11.9. The highest BCUT2D eigenvalue weighted by Crippen LogP contribution is 2.31. The van der Waals surface area contributed by atoms with E-state index in [1.165, 1.54) is 16.6 Å². The van der Waals surface area contributed by atoms with Crippen LogP contribution in [0.4, 0.5) is 13.2 Å². The molecule has 0 aliphatic carbocycles. The van der Waals surface area contributed by atoms with Crippen molar-refractivity contribution in [2.24, 2.45) is 0 Å².